The van der Waals surface area contributed by atoms with Gasteiger partial charge in [-0.15, -0.1) is 0 Å². The maximum absolute atomic E-state index is 12.9. The number of hydrogen-bond donors (Lipinski definition) is 4. The van der Waals surface area contributed by atoms with E-state index < -0.39 is 18.0 Å². The standard InChI is InChI=1S/C27H31F3N6O3/c28-27(29,30)24-11-10-20(14-31-24)36-12-4-7-19(16-36)33-21-8-1-2-9-22(21)35-25-32-15-23(39-25)17-5-3-6-18(13-17)34-26(37)38/h3,5-6,10-11,13-15,19,21-22,33-34H,1-2,4,7-9,12,16H2,(H,32,35)(H,37,38)/t19?,21-,22-/m1/s1. The number of alkyl halides is 3. The zero-order valence-corrected chi connectivity index (χ0v) is 21.2. The van der Waals surface area contributed by atoms with Gasteiger partial charge in [-0.2, -0.15) is 13.2 Å². The zero-order chi connectivity index (χ0) is 27.4. The third-order valence-corrected chi connectivity index (χ3v) is 7.25. The van der Waals surface area contributed by atoms with Crippen molar-refractivity contribution in [2.24, 2.45) is 0 Å². The van der Waals surface area contributed by atoms with E-state index in [0.717, 1.165) is 51.1 Å². The van der Waals surface area contributed by atoms with Crippen LogP contribution < -0.4 is 20.9 Å². The first-order valence-electron chi connectivity index (χ1n) is 13.1. The Labute approximate surface area is 223 Å². The quantitative estimate of drug-likeness (QED) is 0.294. The van der Waals surface area contributed by atoms with Crippen LogP contribution in [0.1, 0.15) is 44.2 Å². The van der Waals surface area contributed by atoms with E-state index in [4.69, 9.17) is 9.52 Å². The summed E-state index contributed by atoms with van der Waals surface area (Å²) in [6, 6.07) is 10.3. The number of nitrogens with zero attached hydrogens (tertiary/aromatic N) is 3. The predicted molar refractivity (Wildman–Crippen MR) is 141 cm³/mol. The predicted octanol–water partition coefficient (Wildman–Crippen LogP) is 5.83. The minimum absolute atomic E-state index is 0.105. The molecule has 1 aliphatic carbocycles. The van der Waals surface area contributed by atoms with E-state index in [-0.39, 0.29) is 18.1 Å². The molecule has 1 saturated carbocycles. The number of carboxylic acid groups (broad SMARTS) is 1. The molecule has 1 amide bonds. The highest BCUT2D eigenvalue weighted by atomic mass is 19.4. The summed E-state index contributed by atoms with van der Waals surface area (Å²) in [5.41, 5.74) is 0.965. The van der Waals surface area contributed by atoms with Gasteiger partial charge >= 0.3 is 12.3 Å². The summed E-state index contributed by atoms with van der Waals surface area (Å²) in [6.07, 6.45) is 3.39. The molecule has 12 heteroatoms. The van der Waals surface area contributed by atoms with Crippen LogP contribution in [-0.4, -0.2) is 52.4 Å². The molecule has 0 bridgehead atoms. The zero-order valence-electron chi connectivity index (χ0n) is 21.2. The first-order valence-corrected chi connectivity index (χ1v) is 13.1. The average molecular weight is 545 g/mol. The fraction of sp³-hybridized carbons (Fsp3) is 0.444. The molecular weight excluding hydrogens is 513 g/mol. The first kappa shape index (κ1) is 26.8. The number of aromatic nitrogens is 2. The van der Waals surface area contributed by atoms with Crippen LogP contribution in [0.4, 0.5) is 35.4 Å². The highest BCUT2D eigenvalue weighted by molar-refractivity contribution is 5.84. The topological polar surface area (TPSA) is 116 Å². The van der Waals surface area contributed by atoms with E-state index in [2.05, 4.69) is 30.8 Å². The van der Waals surface area contributed by atoms with Crippen molar-refractivity contribution < 1.29 is 27.5 Å². The lowest BCUT2D eigenvalue weighted by atomic mass is 9.89. The van der Waals surface area contributed by atoms with Crippen molar-refractivity contribution in [3.05, 3.63) is 54.5 Å². The van der Waals surface area contributed by atoms with Gasteiger partial charge in [0.1, 0.15) is 5.69 Å². The fourth-order valence-corrected chi connectivity index (χ4v) is 5.40. The van der Waals surface area contributed by atoms with E-state index in [1.165, 1.54) is 12.3 Å². The summed E-state index contributed by atoms with van der Waals surface area (Å²) in [4.78, 5) is 21.1. The van der Waals surface area contributed by atoms with Gasteiger partial charge in [-0.25, -0.2) is 14.8 Å². The summed E-state index contributed by atoms with van der Waals surface area (Å²) in [5.74, 6) is 0.528. The first-order chi connectivity index (χ1) is 18.7. The molecule has 2 fully saturated rings. The van der Waals surface area contributed by atoms with Crippen molar-refractivity contribution in [1.29, 1.82) is 0 Å². The molecule has 3 aromatic rings. The van der Waals surface area contributed by atoms with E-state index in [1.807, 2.05) is 6.07 Å². The summed E-state index contributed by atoms with van der Waals surface area (Å²) < 4.78 is 44.6. The highest BCUT2D eigenvalue weighted by Gasteiger charge is 2.33. The molecule has 0 radical (unpaired) electrons. The maximum atomic E-state index is 12.9. The van der Waals surface area contributed by atoms with E-state index in [1.54, 1.807) is 24.4 Å². The second-order valence-corrected chi connectivity index (χ2v) is 10.0. The van der Waals surface area contributed by atoms with Crippen molar-refractivity contribution in [2.75, 3.05) is 28.6 Å². The number of oxazole rings is 1. The molecule has 5 rings (SSSR count). The van der Waals surface area contributed by atoms with Crippen LogP contribution in [-0.2, 0) is 6.18 Å². The monoisotopic (exact) mass is 544 g/mol. The molecule has 2 aromatic heterocycles. The van der Waals surface area contributed by atoms with Crippen molar-refractivity contribution in [3.8, 4) is 11.3 Å². The third-order valence-electron chi connectivity index (χ3n) is 7.25. The van der Waals surface area contributed by atoms with Gasteiger partial charge in [0.05, 0.1) is 18.1 Å². The number of nitrogens with one attached hydrogen (secondary N) is 3. The van der Waals surface area contributed by atoms with Gasteiger partial charge in [0.15, 0.2) is 5.76 Å². The minimum atomic E-state index is -4.45. The Bertz CT molecular complexity index is 1270. The van der Waals surface area contributed by atoms with E-state index in [9.17, 15) is 18.0 Å². The Kier molecular flexibility index (Phi) is 7.92. The molecular formula is C27H31F3N6O3. The average Bonchev–Trinajstić information content (AvgIpc) is 3.38. The second-order valence-electron chi connectivity index (χ2n) is 10.0. The van der Waals surface area contributed by atoms with Gasteiger partial charge in [0, 0.05) is 42.5 Å². The van der Waals surface area contributed by atoms with Crippen LogP contribution in [0.3, 0.4) is 0 Å². The number of halogens is 3. The Balaban J connectivity index is 1.21. The Morgan fingerprint density at radius 3 is 2.59 bits per heavy atom. The Morgan fingerprint density at radius 2 is 1.85 bits per heavy atom. The number of rotatable bonds is 7. The molecule has 1 aliphatic heterocycles. The van der Waals surface area contributed by atoms with Crippen LogP contribution in [0.15, 0.2) is 53.2 Å². The number of carbonyl (C=O) groups is 1. The van der Waals surface area contributed by atoms with Gasteiger partial charge in [-0.3, -0.25) is 5.32 Å². The molecule has 2 aliphatic rings. The van der Waals surface area contributed by atoms with Gasteiger partial charge in [0.25, 0.3) is 6.01 Å². The largest absolute Gasteiger partial charge is 0.465 e. The molecule has 39 heavy (non-hydrogen) atoms. The van der Waals surface area contributed by atoms with Crippen molar-refractivity contribution in [3.63, 3.8) is 0 Å². The van der Waals surface area contributed by atoms with Gasteiger partial charge in [0.2, 0.25) is 0 Å². The lowest BCUT2D eigenvalue weighted by Crippen LogP contribution is -2.54. The summed E-state index contributed by atoms with van der Waals surface area (Å²) in [5, 5.41) is 18.5. The van der Waals surface area contributed by atoms with Crippen molar-refractivity contribution in [1.82, 2.24) is 15.3 Å². The van der Waals surface area contributed by atoms with Crippen LogP contribution >= 0.6 is 0 Å². The molecule has 1 saturated heterocycles. The van der Waals surface area contributed by atoms with Gasteiger partial charge in [-0.05, 0) is 49.9 Å². The van der Waals surface area contributed by atoms with Crippen LogP contribution in [0.2, 0.25) is 0 Å². The number of benzene rings is 1. The molecule has 4 N–H and O–H groups in total. The van der Waals surface area contributed by atoms with Crippen molar-refractivity contribution in [2.45, 2.75) is 62.8 Å². The molecule has 1 aromatic carbocycles. The maximum Gasteiger partial charge on any atom is 0.433 e. The van der Waals surface area contributed by atoms with Crippen molar-refractivity contribution >= 4 is 23.5 Å². The summed E-state index contributed by atoms with van der Waals surface area (Å²) in [7, 11) is 0. The molecule has 3 heterocycles. The van der Waals surface area contributed by atoms with Crippen LogP contribution in [0.25, 0.3) is 11.3 Å². The summed E-state index contributed by atoms with van der Waals surface area (Å²) in [6.45, 7) is 1.47. The summed E-state index contributed by atoms with van der Waals surface area (Å²) >= 11 is 0. The molecule has 208 valence electrons. The van der Waals surface area contributed by atoms with Crippen LogP contribution in [0.5, 0.6) is 0 Å². The lowest BCUT2D eigenvalue weighted by molar-refractivity contribution is -0.141. The van der Waals surface area contributed by atoms with E-state index in [0.29, 0.717) is 35.3 Å². The second kappa shape index (κ2) is 11.5. The third kappa shape index (κ3) is 6.80. The molecule has 1 unspecified atom stereocenters. The SMILES string of the molecule is O=C(O)Nc1cccc(-c2cnc(N[C@@H]3CCCC[C@H]3NC3CCCN(c4ccc(C(F)(F)F)nc4)C3)o2)c1. The normalized spacial score (nSPS) is 21.9. The number of amides is 1. The molecule has 0 spiro atoms. The number of anilines is 3. The van der Waals surface area contributed by atoms with Crippen LogP contribution in [0, 0.1) is 0 Å². The van der Waals surface area contributed by atoms with Gasteiger partial charge < -0.3 is 25.1 Å². The molecule has 3 atom stereocenters. The highest BCUT2D eigenvalue weighted by Crippen LogP contribution is 2.30. The Morgan fingerprint density at radius 1 is 1.03 bits per heavy atom. The Hall–Kier alpha value is -3.80. The fourth-order valence-electron chi connectivity index (χ4n) is 5.40. The van der Waals surface area contributed by atoms with Gasteiger partial charge in [-0.1, -0.05) is 25.0 Å². The molecule has 9 nitrogen and oxygen atoms in total. The lowest BCUT2D eigenvalue weighted by Gasteiger charge is -2.40. The smallest absolute Gasteiger partial charge is 0.433 e. The number of hydrogen-bond acceptors (Lipinski definition) is 7. The minimum Gasteiger partial charge on any atom is -0.465 e. The van der Waals surface area contributed by atoms with E-state index >= 15 is 0 Å². The number of pyridine rings is 1. The number of piperidine rings is 1.